The predicted molar refractivity (Wildman–Crippen MR) is 248 cm³/mol. The zero-order valence-electron chi connectivity index (χ0n) is 33.3. The van der Waals surface area contributed by atoms with E-state index in [4.69, 9.17) is 15.0 Å². The van der Waals surface area contributed by atoms with Crippen molar-refractivity contribution in [3.05, 3.63) is 205 Å². The first-order valence-electron chi connectivity index (χ1n) is 20.6. The Morgan fingerprint density at radius 3 is 1.52 bits per heavy atom. The molecule has 1 aliphatic rings. The summed E-state index contributed by atoms with van der Waals surface area (Å²) in [5, 5.41) is 7.27. The first-order valence-corrected chi connectivity index (χ1v) is 20.6. The Labute approximate surface area is 348 Å². The van der Waals surface area contributed by atoms with Gasteiger partial charge in [0.15, 0.2) is 17.5 Å². The minimum absolute atomic E-state index is 0.231. The van der Waals surface area contributed by atoms with Gasteiger partial charge in [-0.1, -0.05) is 172 Å². The predicted octanol–water partition coefficient (Wildman–Crippen LogP) is 14.2. The standard InChI is InChI=1S/C56H38N4/c1-56(2)47-34-51-45(32-46(47)52-42-28-15-13-25-39(42)44(33-48(52)56)35-18-6-3-7-19-35)41-27-16-17-29-49(41)60(51)50-31-30-43(38-24-12-14-26-40(38)50)55-58-53(36-20-8-4-9-21-36)57-54(59-55)37-22-10-5-11-23-37/h3-34H,1-2H3. The fourth-order valence-corrected chi connectivity index (χ4v) is 9.76. The van der Waals surface area contributed by atoms with E-state index in [1.54, 1.807) is 0 Å². The van der Waals surface area contributed by atoms with Crippen molar-refractivity contribution >= 4 is 43.4 Å². The Hall–Kier alpha value is -7.69. The molecule has 0 N–H and O–H groups in total. The van der Waals surface area contributed by atoms with Crippen LogP contribution >= 0.6 is 0 Å². The molecule has 9 aromatic carbocycles. The van der Waals surface area contributed by atoms with Crippen LogP contribution in [0.3, 0.4) is 0 Å². The molecule has 0 spiro atoms. The van der Waals surface area contributed by atoms with Gasteiger partial charge in [0.1, 0.15) is 0 Å². The molecule has 282 valence electrons. The Kier molecular flexibility index (Phi) is 7.54. The normalized spacial score (nSPS) is 13.0. The third kappa shape index (κ3) is 5.14. The van der Waals surface area contributed by atoms with Crippen LogP contribution in [-0.2, 0) is 5.41 Å². The lowest BCUT2D eigenvalue weighted by molar-refractivity contribution is 0.661. The van der Waals surface area contributed by atoms with Crippen LogP contribution in [0.5, 0.6) is 0 Å². The maximum atomic E-state index is 5.13. The highest BCUT2D eigenvalue weighted by molar-refractivity contribution is 6.16. The van der Waals surface area contributed by atoms with E-state index in [2.05, 4.69) is 176 Å². The second-order valence-corrected chi connectivity index (χ2v) is 16.4. The number of aromatic nitrogens is 4. The molecule has 0 fully saturated rings. The quantitative estimate of drug-likeness (QED) is 0.175. The highest BCUT2D eigenvalue weighted by Crippen LogP contribution is 2.55. The molecule has 12 rings (SSSR count). The first kappa shape index (κ1) is 34.4. The van der Waals surface area contributed by atoms with E-state index >= 15 is 0 Å². The van der Waals surface area contributed by atoms with Gasteiger partial charge in [0.25, 0.3) is 0 Å². The number of hydrogen-bond acceptors (Lipinski definition) is 3. The van der Waals surface area contributed by atoms with Crippen LogP contribution in [0.4, 0.5) is 0 Å². The summed E-state index contributed by atoms with van der Waals surface area (Å²) in [7, 11) is 0. The largest absolute Gasteiger partial charge is 0.309 e. The number of para-hydroxylation sites is 1. The molecule has 2 heterocycles. The van der Waals surface area contributed by atoms with Crippen LogP contribution in [0.1, 0.15) is 25.0 Å². The summed E-state index contributed by atoms with van der Waals surface area (Å²) < 4.78 is 2.47. The summed E-state index contributed by atoms with van der Waals surface area (Å²) in [5.74, 6) is 1.94. The van der Waals surface area contributed by atoms with Crippen molar-refractivity contribution in [1.82, 2.24) is 19.5 Å². The second-order valence-electron chi connectivity index (χ2n) is 16.4. The van der Waals surface area contributed by atoms with Gasteiger partial charge in [-0.2, -0.15) is 0 Å². The average molecular weight is 767 g/mol. The maximum absolute atomic E-state index is 5.13. The van der Waals surface area contributed by atoms with Gasteiger partial charge in [-0.15, -0.1) is 0 Å². The van der Waals surface area contributed by atoms with E-state index in [9.17, 15) is 0 Å². The lowest BCUT2D eigenvalue weighted by atomic mass is 9.80. The minimum Gasteiger partial charge on any atom is -0.309 e. The summed E-state index contributed by atoms with van der Waals surface area (Å²) in [6.07, 6.45) is 0. The van der Waals surface area contributed by atoms with E-state index in [0.29, 0.717) is 17.5 Å². The van der Waals surface area contributed by atoms with Crippen molar-refractivity contribution in [3.63, 3.8) is 0 Å². The van der Waals surface area contributed by atoms with Crippen molar-refractivity contribution in [1.29, 1.82) is 0 Å². The van der Waals surface area contributed by atoms with Crippen molar-refractivity contribution < 1.29 is 0 Å². The molecule has 11 aromatic rings. The number of hydrogen-bond donors (Lipinski definition) is 0. The fourth-order valence-electron chi connectivity index (χ4n) is 9.76. The third-order valence-corrected chi connectivity index (χ3v) is 12.6. The molecule has 60 heavy (non-hydrogen) atoms. The highest BCUT2D eigenvalue weighted by atomic mass is 15.0. The van der Waals surface area contributed by atoms with E-state index in [1.165, 1.54) is 66.0 Å². The van der Waals surface area contributed by atoms with E-state index in [0.717, 1.165) is 33.2 Å². The van der Waals surface area contributed by atoms with Gasteiger partial charge in [0.2, 0.25) is 0 Å². The third-order valence-electron chi connectivity index (χ3n) is 12.6. The smallest absolute Gasteiger partial charge is 0.164 e. The van der Waals surface area contributed by atoms with Gasteiger partial charge in [-0.05, 0) is 85.9 Å². The van der Waals surface area contributed by atoms with Crippen molar-refractivity contribution in [2.45, 2.75) is 19.3 Å². The van der Waals surface area contributed by atoms with Gasteiger partial charge < -0.3 is 4.57 Å². The van der Waals surface area contributed by atoms with Gasteiger partial charge >= 0.3 is 0 Å². The minimum atomic E-state index is -0.231. The molecule has 4 heteroatoms. The molecule has 0 saturated carbocycles. The van der Waals surface area contributed by atoms with Gasteiger partial charge in [0.05, 0.1) is 16.7 Å². The Morgan fingerprint density at radius 1 is 0.350 bits per heavy atom. The van der Waals surface area contributed by atoms with Crippen molar-refractivity contribution in [2.24, 2.45) is 0 Å². The van der Waals surface area contributed by atoms with Crippen molar-refractivity contribution in [3.8, 4) is 62.1 Å². The van der Waals surface area contributed by atoms with E-state index in [1.807, 2.05) is 36.4 Å². The van der Waals surface area contributed by atoms with Gasteiger partial charge in [-0.3, -0.25) is 0 Å². The molecular weight excluding hydrogens is 729 g/mol. The van der Waals surface area contributed by atoms with E-state index < -0.39 is 0 Å². The highest BCUT2D eigenvalue weighted by Gasteiger charge is 2.38. The Bertz CT molecular complexity index is 3440. The number of nitrogens with zero attached hydrogens (tertiary/aromatic N) is 4. The molecule has 0 unspecified atom stereocenters. The second kappa shape index (κ2) is 13.2. The lowest BCUT2D eigenvalue weighted by Crippen LogP contribution is -2.15. The SMILES string of the molecule is CC1(C)c2cc3c(cc2-c2c1cc(-c1ccccc1)c1ccccc21)c1ccccc1n3-c1ccc(-c2nc(-c3ccccc3)nc(-c3ccccc3)n2)c2ccccc12. The van der Waals surface area contributed by atoms with Crippen LogP contribution in [0.25, 0.3) is 105 Å². The number of rotatable bonds is 5. The van der Waals surface area contributed by atoms with Crippen molar-refractivity contribution in [2.75, 3.05) is 0 Å². The summed E-state index contributed by atoms with van der Waals surface area (Å²) in [6.45, 7) is 4.79. The van der Waals surface area contributed by atoms with Crippen LogP contribution in [0.15, 0.2) is 194 Å². The van der Waals surface area contributed by atoms with Crippen LogP contribution < -0.4 is 0 Å². The molecule has 4 nitrogen and oxygen atoms in total. The van der Waals surface area contributed by atoms with Gasteiger partial charge in [-0.25, -0.2) is 15.0 Å². The molecule has 0 aliphatic heterocycles. The number of benzene rings is 9. The summed E-state index contributed by atoms with van der Waals surface area (Å²) in [6, 6.07) is 69.5. The molecule has 0 atom stereocenters. The number of fused-ring (bicyclic) bond motifs is 9. The zero-order valence-corrected chi connectivity index (χ0v) is 33.3. The summed E-state index contributed by atoms with van der Waals surface area (Å²) in [4.78, 5) is 15.2. The summed E-state index contributed by atoms with van der Waals surface area (Å²) in [5.41, 5.74) is 14.0. The lowest BCUT2D eigenvalue weighted by Gasteiger charge is -2.23. The molecule has 0 bridgehead atoms. The molecule has 0 radical (unpaired) electrons. The molecule has 1 aliphatic carbocycles. The molecule has 0 saturated heterocycles. The van der Waals surface area contributed by atoms with Crippen LogP contribution in [-0.4, -0.2) is 19.5 Å². The fraction of sp³-hybridized carbons (Fsp3) is 0.0536. The molecule has 2 aromatic heterocycles. The Balaban J connectivity index is 1.09. The maximum Gasteiger partial charge on any atom is 0.164 e. The molecular formula is C56H38N4. The monoisotopic (exact) mass is 766 g/mol. The zero-order chi connectivity index (χ0) is 40.0. The average Bonchev–Trinajstić information content (AvgIpc) is 3.75. The van der Waals surface area contributed by atoms with Gasteiger partial charge in [0, 0.05) is 38.3 Å². The van der Waals surface area contributed by atoms with Crippen LogP contribution in [0.2, 0.25) is 0 Å². The first-order chi connectivity index (χ1) is 29.5. The summed E-state index contributed by atoms with van der Waals surface area (Å²) >= 11 is 0. The van der Waals surface area contributed by atoms with E-state index in [-0.39, 0.29) is 5.41 Å². The topological polar surface area (TPSA) is 43.6 Å². The Morgan fingerprint density at radius 2 is 0.867 bits per heavy atom. The van der Waals surface area contributed by atoms with Crippen LogP contribution in [0, 0.1) is 0 Å². The molecule has 0 amide bonds.